The fraction of sp³-hybridized carbons (Fsp3) is 0.125. The largest absolute Gasteiger partial charge is 0.453 e. The van der Waals surface area contributed by atoms with Gasteiger partial charge in [-0.3, -0.25) is 4.79 Å². The smallest absolute Gasteiger partial charge is 0.357 e. The number of carbonyl (C=O) groups is 2. The molecule has 0 saturated carbocycles. The molecule has 0 aliphatic rings. The molecule has 0 bridgehead atoms. The first-order chi connectivity index (χ1) is 14.0. The van der Waals surface area contributed by atoms with Crippen molar-refractivity contribution < 1.29 is 14.3 Å². The van der Waals surface area contributed by atoms with Gasteiger partial charge in [0.05, 0.1) is 5.52 Å². The lowest BCUT2D eigenvalue weighted by molar-refractivity contribution is 0.0469. The van der Waals surface area contributed by atoms with Crippen LogP contribution in [0.3, 0.4) is 0 Å². The summed E-state index contributed by atoms with van der Waals surface area (Å²) in [7, 11) is 0. The number of ketones is 1. The summed E-state index contributed by atoms with van der Waals surface area (Å²) < 4.78 is 7.26. The molecule has 2 aromatic heterocycles. The number of hydrogen-bond acceptors (Lipinski definition) is 4. The number of ether oxygens (including phenoxy) is 1. The van der Waals surface area contributed by atoms with E-state index in [1.54, 1.807) is 6.07 Å². The first-order valence-electron chi connectivity index (χ1n) is 9.35. The molecule has 0 aliphatic carbocycles. The Labute approximate surface area is 168 Å². The minimum atomic E-state index is -0.610. The summed E-state index contributed by atoms with van der Waals surface area (Å²) in [5.74, 6) is -0.851. The average molecular weight is 384 g/mol. The van der Waals surface area contributed by atoms with E-state index in [1.165, 1.54) is 0 Å². The van der Waals surface area contributed by atoms with Gasteiger partial charge < -0.3 is 9.30 Å². The molecule has 0 atom stereocenters. The molecule has 29 heavy (non-hydrogen) atoms. The van der Waals surface area contributed by atoms with E-state index in [0.29, 0.717) is 11.1 Å². The Morgan fingerprint density at radius 2 is 1.66 bits per heavy atom. The van der Waals surface area contributed by atoms with Crippen molar-refractivity contribution in [3.63, 3.8) is 0 Å². The minimum absolute atomic E-state index is 0.186. The molecule has 5 heteroatoms. The maximum absolute atomic E-state index is 12.7. The second-order valence-electron chi connectivity index (χ2n) is 6.84. The van der Waals surface area contributed by atoms with Crippen molar-refractivity contribution >= 4 is 22.7 Å². The summed E-state index contributed by atoms with van der Waals surface area (Å²) in [5.41, 5.74) is 4.19. The number of aromatic nitrogens is 2. The van der Waals surface area contributed by atoms with E-state index in [0.717, 1.165) is 22.5 Å². The molecular formula is C24H20N2O3. The number of nitrogens with zero attached hydrogens (tertiary/aromatic N) is 2. The molecule has 0 fully saturated rings. The number of carbonyl (C=O) groups excluding carboxylic acids is 2. The van der Waals surface area contributed by atoms with Gasteiger partial charge in [0, 0.05) is 28.0 Å². The van der Waals surface area contributed by atoms with Gasteiger partial charge in [0.15, 0.2) is 6.61 Å². The third-order valence-corrected chi connectivity index (χ3v) is 4.89. The highest BCUT2D eigenvalue weighted by Gasteiger charge is 2.19. The van der Waals surface area contributed by atoms with Crippen LogP contribution in [0.15, 0.2) is 72.8 Å². The van der Waals surface area contributed by atoms with E-state index >= 15 is 0 Å². The highest BCUT2D eigenvalue weighted by atomic mass is 16.5. The van der Waals surface area contributed by atoms with Crippen LogP contribution in [-0.2, 0) is 4.74 Å². The summed E-state index contributed by atoms with van der Waals surface area (Å²) in [6.45, 7) is 3.51. The van der Waals surface area contributed by atoms with Crippen LogP contribution in [-0.4, -0.2) is 27.9 Å². The Morgan fingerprint density at radius 1 is 0.931 bits per heavy atom. The molecule has 0 aliphatic heterocycles. The minimum Gasteiger partial charge on any atom is -0.453 e. The molecule has 0 saturated heterocycles. The van der Waals surface area contributed by atoms with Gasteiger partial charge in [0.1, 0.15) is 5.69 Å². The second kappa shape index (κ2) is 7.72. The predicted octanol–water partition coefficient (Wildman–Crippen LogP) is 4.68. The fourth-order valence-electron chi connectivity index (χ4n) is 3.48. The average Bonchev–Trinajstić information content (AvgIpc) is 3.06. The van der Waals surface area contributed by atoms with Crippen LogP contribution in [0.5, 0.6) is 0 Å². The summed E-state index contributed by atoms with van der Waals surface area (Å²) >= 11 is 0. The SMILES string of the molecule is Cc1cc(C(=O)COC(=O)c2ccc3ccccc3n2)c(C)n1-c1ccccc1. The molecule has 0 N–H and O–H groups in total. The molecule has 2 heterocycles. The zero-order valence-electron chi connectivity index (χ0n) is 16.3. The predicted molar refractivity (Wildman–Crippen MR) is 112 cm³/mol. The quantitative estimate of drug-likeness (QED) is 0.370. The Bertz CT molecular complexity index is 1210. The molecule has 0 amide bonds. The van der Waals surface area contributed by atoms with E-state index in [-0.39, 0.29) is 18.1 Å². The molecular weight excluding hydrogens is 364 g/mol. The number of Topliss-reactive ketones (excluding diaryl/α,β-unsaturated/α-hetero) is 1. The van der Waals surface area contributed by atoms with E-state index in [9.17, 15) is 9.59 Å². The van der Waals surface area contributed by atoms with Crippen molar-refractivity contribution in [3.05, 3.63) is 95.4 Å². The summed E-state index contributed by atoms with van der Waals surface area (Å²) in [4.78, 5) is 29.4. The molecule has 0 spiro atoms. The van der Waals surface area contributed by atoms with E-state index in [4.69, 9.17) is 4.74 Å². The second-order valence-corrected chi connectivity index (χ2v) is 6.84. The van der Waals surface area contributed by atoms with Crippen molar-refractivity contribution in [3.8, 4) is 5.69 Å². The number of fused-ring (bicyclic) bond motifs is 1. The summed E-state index contributed by atoms with van der Waals surface area (Å²) in [6.07, 6.45) is 0. The lowest BCUT2D eigenvalue weighted by atomic mass is 10.1. The lowest BCUT2D eigenvalue weighted by Gasteiger charge is -2.09. The van der Waals surface area contributed by atoms with Crippen molar-refractivity contribution in [1.82, 2.24) is 9.55 Å². The zero-order chi connectivity index (χ0) is 20.4. The fourth-order valence-corrected chi connectivity index (χ4v) is 3.48. The van der Waals surface area contributed by atoms with Crippen molar-refractivity contribution in [2.75, 3.05) is 6.61 Å². The van der Waals surface area contributed by atoms with Crippen LogP contribution in [0.4, 0.5) is 0 Å². The molecule has 0 unspecified atom stereocenters. The van der Waals surface area contributed by atoms with Crippen LogP contribution in [0.2, 0.25) is 0 Å². The number of para-hydroxylation sites is 2. The highest BCUT2D eigenvalue weighted by molar-refractivity contribution is 6.00. The summed E-state index contributed by atoms with van der Waals surface area (Å²) in [6, 6.07) is 22.6. The zero-order valence-corrected chi connectivity index (χ0v) is 16.3. The number of benzene rings is 2. The van der Waals surface area contributed by atoms with Crippen LogP contribution >= 0.6 is 0 Å². The molecule has 0 radical (unpaired) electrons. The first-order valence-corrected chi connectivity index (χ1v) is 9.35. The Morgan fingerprint density at radius 3 is 2.45 bits per heavy atom. The van der Waals surface area contributed by atoms with Gasteiger partial charge in [-0.1, -0.05) is 42.5 Å². The number of pyridine rings is 1. The van der Waals surface area contributed by atoms with Crippen LogP contribution in [0, 0.1) is 13.8 Å². The maximum Gasteiger partial charge on any atom is 0.357 e. The summed E-state index contributed by atoms with van der Waals surface area (Å²) in [5, 5.41) is 0.938. The lowest BCUT2D eigenvalue weighted by Crippen LogP contribution is -2.16. The Hall–Kier alpha value is -3.73. The maximum atomic E-state index is 12.7. The third kappa shape index (κ3) is 3.67. The third-order valence-electron chi connectivity index (χ3n) is 4.89. The van der Waals surface area contributed by atoms with Gasteiger partial charge in [-0.25, -0.2) is 9.78 Å². The van der Waals surface area contributed by atoms with Gasteiger partial charge in [-0.2, -0.15) is 0 Å². The van der Waals surface area contributed by atoms with Crippen molar-refractivity contribution in [2.45, 2.75) is 13.8 Å². The number of aryl methyl sites for hydroxylation is 1. The standard InChI is InChI=1S/C24H20N2O3/c1-16-14-20(17(2)26(16)19-9-4-3-5-10-19)23(27)15-29-24(28)22-13-12-18-8-6-7-11-21(18)25-22/h3-14H,15H2,1-2H3. The van der Waals surface area contributed by atoms with Crippen molar-refractivity contribution in [2.24, 2.45) is 0 Å². The Balaban J connectivity index is 1.50. The first kappa shape index (κ1) is 18.6. The molecule has 2 aromatic carbocycles. The molecule has 4 rings (SSSR count). The van der Waals surface area contributed by atoms with Crippen LogP contribution in [0.25, 0.3) is 16.6 Å². The van der Waals surface area contributed by atoms with Gasteiger partial charge in [0.25, 0.3) is 0 Å². The van der Waals surface area contributed by atoms with E-state index < -0.39 is 5.97 Å². The Kier molecular flexibility index (Phi) is 4.96. The van der Waals surface area contributed by atoms with E-state index in [2.05, 4.69) is 4.98 Å². The van der Waals surface area contributed by atoms with Crippen LogP contribution < -0.4 is 0 Å². The number of hydrogen-bond donors (Lipinski definition) is 0. The normalized spacial score (nSPS) is 10.8. The monoisotopic (exact) mass is 384 g/mol. The number of esters is 1. The van der Waals surface area contributed by atoms with Gasteiger partial charge >= 0.3 is 5.97 Å². The van der Waals surface area contributed by atoms with Gasteiger partial charge in [0.2, 0.25) is 5.78 Å². The highest BCUT2D eigenvalue weighted by Crippen LogP contribution is 2.21. The molecule has 4 aromatic rings. The van der Waals surface area contributed by atoms with Gasteiger partial charge in [-0.05, 0) is 44.2 Å². The van der Waals surface area contributed by atoms with Crippen molar-refractivity contribution in [1.29, 1.82) is 0 Å². The molecule has 144 valence electrons. The molecule has 5 nitrogen and oxygen atoms in total. The van der Waals surface area contributed by atoms with E-state index in [1.807, 2.05) is 85.1 Å². The topological polar surface area (TPSA) is 61.2 Å². The van der Waals surface area contributed by atoms with Gasteiger partial charge in [-0.15, -0.1) is 0 Å². The van der Waals surface area contributed by atoms with Crippen LogP contribution in [0.1, 0.15) is 32.2 Å². The number of rotatable bonds is 5.